The standard InChI is InChI=1S/C12H14BrFO3/c13-5-3-1-2-4-10(15)8-6-11(16)12(17)7-9(8)14/h6-7,16-17H,1-5H2. The maximum Gasteiger partial charge on any atom is 0.165 e. The number of benzene rings is 1. The van der Waals surface area contributed by atoms with Gasteiger partial charge in [0.15, 0.2) is 17.3 Å². The summed E-state index contributed by atoms with van der Waals surface area (Å²) in [5, 5.41) is 19.1. The second kappa shape index (κ2) is 6.59. The smallest absolute Gasteiger partial charge is 0.165 e. The van der Waals surface area contributed by atoms with E-state index in [0.29, 0.717) is 6.42 Å². The molecule has 0 fully saturated rings. The van der Waals surface area contributed by atoms with Gasteiger partial charge < -0.3 is 10.2 Å². The van der Waals surface area contributed by atoms with E-state index < -0.39 is 17.3 Å². The zero-order valence-corrected chi connectivity index (χ0v) is 10.8. The summed E-state index contributed by atoms with van der Waals surface area (Å²) in [4.78, 5) is 11.6. The zero-order chi connectivity index (χ0) is 12.8. The van der Waals surface area contributed by atoms with E-state index in [2.05, 4.69) is 15.9 Å². The molecule has 0 radical (unpaired) electrons. The normalized spacial score (nSPS) is 10.5. The maximum atomic E-state index is 13.4. The number of carbonyl (C=O) groups excluding carboxylic acids is 1. The molecule has 0 atom stereocenters. The molecule has 0 aromatic heterocycles. The van der Waals surface area contributed by atoms with Crippen molar-refractivity contribution in [3.8, 4) is 11.5 Å². The number of halogens is 2. The van der Waals surface area contributed by atoms with Crippen molar-refractivity contribution in [3.05, 3.63) is 23.5 Å². The number of hydrogen-bond acceptors (Lipinski definition) is 3. The molecule has 0 aliphatic carbocycles. The Labute approximate surface area is 107 Å². The van der Waals surface area contributed by atoms with E-state index in [0.717, 1.165) is 30.3 Å². The molecule has 1 aromatic rings. The zero-order valence-electron chi connectivity index (χ0n) is 9.25. The van der Waals surface area contributed by atoms with Gasteiger partial charge in [-0.15, -0.1) is 0 Å². The Morgan fingerprint density at radius 2 is 1.82 bits per heavy atom. The Bertz CT molecular complexity index is 407. The molecule has 0 unspecified atom stereocenters. The number of ketones is 1. The predicted octanol–water partition coefficient (Wildman–Crippen LogP) is 3.37. The SMILES string of the molecule is O=C(CCCCCBr)c1cc(O)c(O)cc1F. The Hall–Kier alpha value is -1.10. The fourth-order valence-electron chi connectivity index (χ4n) is 1.46. The Balaban J connectivity index is 2.66. The van der Waals surface area contributed by atoms with E-state index >= 15 is 0 Å². The minimum absolute atomic E-state index is 0.167. The van der Waals surface area contributed by atoms with E-state index in [1.54, 1.807) is 0 Å². The highest BCUT2D eigenvalue weighted by atomic mass is 79.9. The van der Waals surface area contributed by atoms with Crippen LogP contribution in [-0.2, 0) is 0 Å². The van der Waals surface area contributed by atoms with Crippen LogP contribution in [0.5, 0.6) is 11.5 Å². The third-order valence-corrected chi connectivity index (χ3v) is 2.96. The van der Waals surface area contributed by atoms with Crippen molar-refractivity contribution in [1.82, 2.24) is 0 Å². The quantitative estimate of drug-likeness (QED) is 0.367. The molecule has 17 heavy (non-hydrogen) atoms. The number of rotatable bonds is 6. The summed E-state index contributed by atoms with van der Waals surface area (Å²) < 4.78 is 13.4. The molecule has 0 bridgehead atoms. The molecule has 0 heterocycles. The van der Waals surface area contributed by atoms with Gasteiger partial charge in [0, 0.05) is 17.8 Å². The third-order valence-electron chi connectivity index (χ3n) is 2.40. The molecule has 0 aliphatic heterocycles. The molecular formula is C12H14BrFO3. The van der Waals surface area contributed by atoms with Gasteiger partial charge >= 0.3 is 0 Å². The van der Waals surface area contributed by atoms with Crippen LogP contribution < -0.4 is 0 Å². The van der Waals surface area contributed by atoms with Crippen LogP contribution in [0.25, 0.3) is 0 Å². The summed E-state index contributed by atoms with van der Waals surface area (Å²) in [7, 11) is 0. The molecule has 0 amide bonds. The van der Waals surface area contributed by atoms with E-state index in [1.807, 2.05) is 0 Å². The summed E-state index contributed by atoms with van der Waals surface area (Å²) in [6.07, 6.45) is 2.79. The van der Waals surface area contributed by atoms with Crippen molar-refractivity contribution in [2.75, 3.05) is 5.33 Å². The number of aromatic hydroxyl groups is 2. The van der Waals surface area contributed by atoms with E-state index in [4.69, 9.17) is 5.11 Å². The molecule has 1 rings (SSSR count). The molecule has 0 spiro atoms. The van der Waals surface area contributed by atoms with Crippen LogP contribution in [0.15, 0.2) is 12.1 Å². The van der Waals surface area contributed by atoms with Crippen molar-refractivity contribution >= 4 is 21.7 Å². The minimum atomic E-state index is -0.800. The fourth-order valence-corrected chi connectivity index (χ4v) is 1.85. The van der Waals surface area contributed by atoms with Gasteiger partial charge in [-0.2, -0.15) is 0 Å². The van der Waals surface area contributed by atoms with Crippen LogP contribution in [0.1, 0.15) is 36.0 Å². The number of carbonyl (C=O) groups is 1. The van der Waals surface area contributed by atoms with Crippen molar-refractivity contribution < 1.29 is 19.4 Å². The largest absolute Gasteiger partial charge is 0.504 e. The highest BCUT2D eigenvalue weighted by Crippen LogP contribution is 2.28. The number of unbranched alkanes of at least 4 members (excludes halogenated alkanes) is 2. The van der Waals surface area contributed by atoms with E-state index in [9.17, 15) is 14.3 Å². The topological polar surface area (TPSA) is 57.5 Å². The molecular weight excluding hydrogens is 291 g/mol. The van der Waals surface area contributed by atoms with Crippen LogP contribution in [0.2, 0.25) is 0 Å². The van der Waals surface area contributed by atoms with Crippen LogP contribution in [0.4, 0.5) is 4.39 Å². The van der Waals surface area contributed by atoms with Crippen LogP contribution >= 0.6 is 15.9 Å². The molecule has 3 nitrogen and oxygen atoms in total. The Morgan fingerprint density at radius 1 is 1.18 bits per heavy atom. The monoisotopic (exact) mass is 304 g/mol. The first-order valence-electron chi connectivity index (χ1n) is 5.37. The summed E-state index contributed by atoms with van der Waals surface area (Å²) >= 11 is 3.28. The molecule has 94 valence electrons. The Kier molecular flexibility index (Phi) is 5.41. The molecule has 0 aliphatic rings. The summed E-state index contributed by atoms with van der Waals surface area (Å²) in [6, 6.07) is 1.72. The fraction of sp³-hybridized carbons (Fsp3) is 0.417. The first kappa shape index (κ1) is 14.0. The maximum absolute atomic E-state index is 13.4. The number of phenolic OH excluding ortho intramolecular Hbond substituents is 2. The highest BCUT2D eigenvalue weighted by Gasteiger charge is 2.14. The number of hydrogen-bond donors (Lipinski definition) is 2. The predicted molar refractivity (Wildman–Crippen MR) is 66.3 cm³/mol. The lowest BCUT2D eigenvalue weighted by molar-refractivity contribution is 0.0975. The van der Waals surface area contributed by atoms with Crippen LogP contribution in [0, 0.1) is 5.82 Å². The lowest BCUT2D eigenvalue weighted by Gasteiger charge is -2.04. The summed E-state index contributed by atoms with van der Waals surface area (Å²) in [5.74, 6) is -2.19. The molecule has 1 aromatic carbocycles. The number of Topliss-reactive ketones (excluding diaryl/α,β-unsaturated/α-hetero) is 1. The van der Waals surface area contributed by atoms with Crippen LogP contribution in [-0.4, -0.2) is 21.3 Å². The van der Waals surface area contributed by atoms with Gasteiger partial charge in [0.1, 0.15) is 5.82 Å². The summed E-state index contributed by atoms with van der Waals surface area (Å²) in [6.45, 7) is 0. The lowest BCUT2D eigenvalue weighted by atomic mass is 10.0. The number of phenols is 2. The average molecular weight is 305 g/mol. The first-order chi connectivity index (χ1) is 8.06. The van der Waals surface area contributed by atoms with Gasteiger partial charge in [0.05, 0.1) is 5.56 Å². The third kappa shape index (κ3) is 4.00. The van der Waals surface area contributed by atoms with Crippen molar-refractivity contribution in [1.29, 1.82) is 0 Å². The van der Waals surface area contributed by atoms with Crippen molar-refractivity contribution in [3.63, 3.8) is 0 Å². The minimum Gasteiger partial charge on any atom is -0.504 e. The van der Waals surface area contributed by atoms with Crippen molar-refractivity contribution in [2.24, 2.45) is 0 Å². The second-order valence-corrected chi connectivity index (χ2v) is 4.54. The molecule has 2 N–H and O–H groups in total. The van der Waals surface area contributed by atoms with E-state index in [1.165, 1.54) is 0 Å². The van der Waals surface area contributed by atoms with Gasteiger partial charge in [-0.25, -0.2) is 4.39 Å². The first-order valence-corrected chi connectivity index (χ1v) is 6.49. The van der Waals surface area contributed by atoms with Gasteiger partial charge in [0.2, 0.25) is 0 Å². The molecule has 0 saturated carbocycles. The highest BCUT2D eigenvalue weighted by molar-refractivity contribution is 9.09. The lowest BCUT2D eigenvalue weighted by Crippen LogP contribution is -2.02. The van der Waals surface area contributed by atoms with Gasteiger partial charge in [-0.3, -0.25) is 4.79 Å². The van der Waals surface area contributed by atoms with Gasteiger partial charge in [-0.05, 0) is 18.9 Å². The number of alkyl halides is 1. The van der Waals surface area contributed by atoms with E-state index in [-0.39, 0.29) is 17.8 Å². The average Bonchev–Trinajstić information content (AvgIpc) is 2.29. The van der Waals surface area contributed by atoms with Gasteiger partial charge in [-0.1, -0.05) is 22.4 Å². The second-order valence-electron chi connectivity index (χ2n) is 3.74. The van der Waals surface area contributed by atoms with Crippen LogP contribution in [0.3, 0.4) is 0 Å². The Morgan fingerprint density at radius 3 is 2.47 bits per heavy atom. The van der Waals surface area contributed by atoms with Gasteiger partial charge in [0.25, 0.3) is 0 Å². The summed E-state index contributed by atoms with van der Waals surface area (Å²) in [5.41, 5.74) is -0.167. The van der Waals surface area contributed by atoms with Crippen molar-refractivity contribution in [2.45, 2.75) is 25.7 Å². The molecule has 5 heteroatoms. The molecule has 0 saturated heterocycles.